The van der Waals surface area contributed by atoms with Gasteiger partial charge in [0, 0.05) is 23.0 Å². The molecule has 3 aromatic rings. The molecule has 0 aliphatic rings. The van der Waals surface area contributed by atoms with Crippen molar-refractivity contribution in [3.63, 3.8) is 0 Å². The molecule has 0 unspecified atom stereocenters. The van der Waals surface area contributed by atoms with Crippen LogP contribution >= 0.6 is 11.6 Å². The highest BCUT2D eigenvalue weighted by molar-refractivity contribution is 6.30. The molecule has 0 spiro atoms. The van der Waals surface area contributed by atoms with Crippen LogP contribution in [0.1, 0.15) is 0 Å². The first-order valence-electron chi connectivity index (χ1n) is 5.10. The molecule has 2 N–H and O–H groups in total. The normalized spacial score (nSPS) is 10.9. The van der Waals surface area contributed by atoms with Gasteiger partial charge in [0.1, 0.15) is 11.4 Å². The van der Waals surface area contributed by atoms with Crippen molar-refractivity contribution in [3.8, 4) is 11.3 Å². The van der Waals surface area contributed by atoms with E-state index in [2.05, 4.69) is 10.1 Å². The lowest BCUT2D eigenvalue weighted by Gasteiger charge is -1.98. The van der Waals surface area contributed by atoms with Gasteiger partial charge < -0.3 is 5.73 Å². The second kappa shape index (κ2) is 3.75. The molecule has 0 aliphatic heterocycles. The zero-order valence-electron chi connectivity index (χ0n) is 8.84. The van der Waals surface area contributed by atoms with E-state index in [0.717, 1.165) is 5.56 Å². The van der Waals surface area contributed by atoms with Crippen LogP contribution in [0.5, 0.6) is 0 Å². The Hall–Kier alpha value is -2.07. The van der Waals surface area contributed by atoms with Crippen molar-refractivity contribution in [3.05, 3.63) is 47.7 Å². The average Bonchev–Trinajstić information content (AvgIpc) is 2.68. The highest BCUT2D eigenvalue weighted by Gasteiger charge is 2.12. The molecule has 2 heterocycles. The molecule has 0 fully saturated rings. The second-order valence-electron chi connectivity index (χ2n) is 3.66. The van der Waals surface area contributed by atoms with Gasteiger partial charge in [-0.3, -0.25) is 0 Å². The van der Waals surface area contributed by atoms with Gasteiger partial charge in [-0.05, 0) is 18.2 Å². The van der Waals surface area contributed by atoms with Crippen molar-refractivity contribution in [2.75, 3.05) is 5.73 Å². The molecule has 17 heavy (non-hydrogen) atoms. The quantitative estimate of drug-likeness (QED) is 0.716. The smallest absolute Gasteiger partial charge is 0.178 e. The predicted octanol–water partition coefficient (Wildman–Crippen LogP) is 2.63. The molecule has 3 rings (SSSR count). The van der Waals surface area contributed by atoms with Crippen molar-refractivity contribution in [2.45, 2.75) is 0 Å². The number of nitrogen functional groups attached to an aromatic ring is 1. The van der Waals surface area contributed by atoms with E-state index >= 15 is 0 Å². The third-order valence-electron chi connectivity index (χ3n) is 2.53. The molecule has 1 aromatic carbocycles. The van der Waals surface area contributed by atoms with Crippen molar-refractivity contribution >= 4 is 22.9 Å². The van der Waals surface area contributed by atoms with Gasteiger partial charge in [0.15, 0.2) is 5.65 Å². The number of aromatic nitrogens is 3. The van der Waals surface area contributed by atoms with Gasteiger partial charge in [0.25, 0.3) is 0 Å². The molecule has 0 saturated carbocycles. The topological polar surface area (TPSA) is 56.2 Å². The van der Waals surface area contributed by atoms with Crippen LogP contribution in [-0.2, 0) is 0 Å². The van der Waals surface area contributed by atoms with Crippen LogP contribution in [-0.4, -0.2) is 14.6 Å². The van der Waals surface area contributed by atoms with E-state index in [0.29, 0.717) is 22.1 Å². The predicted molar refractivity (Wildman–Crippen MR) is 67.8 cm³/mol. The van der Waals surface area contributed by atoms with Crippen molar-refractivity contribution in [1.82, 2.24) is 14.6 Å². The van der Waals surface area contributed by atoms with Gasteiger partial charge in [-0.25, -0.2) is 9.50 Å². The van der Waals surface area contributed by atoms with Crippen LogP contribution < -0.4 is 5.73 Å². The summed E-state index contributed by atoms with van der Waals surface area (Å²) in [5, 5.41) is 5.05. The van der Waals surface area contributed by atoms with Gasteiger partial charge in [-0.15, -0.1) is 0 Å². The summed E-state index contributed by atoms with van der Waals surface area (Å²) in [6.45, 7) is 0. The van der Waals surface area contributed by atoms with E-state index in [1.165, 1.54) is 0 Å². The summed E-state index contributed by atoms with van der Waals surface area (Å²) in [7, 11) is 0. The summed E-state index contributed by atoms with van der Waals surface area (Å²) in [6.07, 6.45) is 3.50. The number of fused-ring (bicyclic) bond motifs is 1. The molecular formula is C12H9ClN4. The first-order valence-corrected chi connectivity index (χ1v) is 5.48. The van der Waals surface area contributed by atoms with E-state index in [1.54, 1.807) is 16.8 Å². The summed E-state index contributed by atoms with van der Waals surface area (Å²) >= 11 is 5.95. The minimum absolute atomic E-state index is 0.563. The van der Waals surface area contributed by atoms with E-state index in [1.807, 2.05) is 30.5 Å². The number of rotatable bonds is 1. The lowest BCUT2D eigenvalue weighted by Crippen LogP contribution is -1.89. The van der Waals surface area contributed by atoms with Gasteiger partial charge in [-0.2, -0.15) is 5.10 Å². The number of halogens is 1. The highest BCUT2D eigenvalue weighted by atomic mass is 35.5. The van der Waals surface area contributed by atoms with Crippen LogP contribution in [0.4, 0.5) is 5.69 Å². The minimum atomic E-state index is 0.563. The molecule has 0 atom stereocenters. The Morgan fingerprint density at radius 3 is 2.88 bits per heavy atom. The Labute approximate surface area is 103 Å². The molecular weight excluding hydrogens is 236 g/mol. The Kier molecular flexibility index (Phi) is 2.23. The zero-order chi connectivity index (χ0) is 11.8. The van der Waals surface area contributed by atoms with Crippen LogP contribution in [0.3, 0.4) is 0 Å². The minimum Gasteiger partial charge on any atom is -0.394 e. The number of anilines is 1. The fraction of sp³-hybridized carbons (Fsp3) is 0. The maximum atomic E-state index is 6.03. The SMILES string of the molecule is Nc1c(-c2cccc(Cl)c2)nn2cccnc12. The number of benzene rings is 1. The van der Waals surface area contributed by atoms with Crippen molar-refractivity contribution in [1.29, 1.82) is 0 Å². The Morgan fingerprint density at radius 2 is 2.12 bits per heavy atom. The van der Waals surface area contributed by atoms with Crippen molar-refractivity contribution in [2.24, 2.45) is 0 Å². The number of hydrogen-bond acceptors (Lipinski definition) is 3. The first-order chi connectivity index (χ1) is 8.25. The first kappa shape index (κ1) is 10.1. The van der Waals surface area contributed by atoms with Crippen LogP contribution in [0.25, 0.3) is 16.9 Å². The molecule has 5 heteroatoms. The maximum Gasteiger partial charge on any atom is 0.178 e. The summed E-state index contributed by atoms with van der Waals surface area (Å²) < 4.78 is 1.66. The van der Waals surface area contributed by atoms with E-state index in [9.17, 15) is 0 Å². The fourth-order valence-electron chi connectivity index (χ4n) is 1.75. The van der Waals surface area contributed by atoms with Gasteiger partial charge in [0.05, 0.1) is 0 Å². The molecule has 4 nitrogen and oxygen atoms in total. The van der Waals surface area contributed by atoms with Crippen molar-refractivity contribution < 1.29 is 0 Å². The molecule has 0 amide bonds. The molecule has 2 aromatic heterocycles. The molecule has 0 bridgehead atoms. The molecule has 0 radical (unpaired) electrons. The molecule has 0 saturated heterocycles. The third kappa shape index (κ3) is 1.62. The van der Waals surface area contributed by atoms with Crippen LogP contribution in [0.2, 0.25) is 5.02 Å². The maximum absolute atomic E-state index is 6.03. The Morgan fingerprint density at radius 1 is 1.24 bits per heavy atom. The molecule has 84 valence electrons. The highest BCUT2D eigenvalue weighted by Crippen LogP contribution is 2.28. The number of hydrogen-bond donors (Lipinski definition) is 1. The lowest BCUT2D eigenvalue weighted by atomic mass is 10.1. The Bertz CT molecular complexity index is 690. The standard InChI is InChI=1S/C12H9ClN4/c13-9-4-1-3-8(7-9)11-10(14)12-15-5-2-6-17(12)16-11/h1-7H,14H2. The zero-order valence-corrected chi connectivity index (χ0v) is 9.59. The van der Waals surface area contributed by atoms with Gasteiger partial charge in [-0.1, -0.05) is 23.7 Å². The van der Waals surface area contributed by atoms with Crippen LogP contribution in [0.15, 0.2) is 42.7 Å². The monoisotopic (exact) mass is 244 g/mol. The van der Waals surface area contributed by atoms with E-state index < -0.39 is 0 Å². The third-order valence-corrected chi connectivity index (χ3v) is 2.76. The summed E-state index contributed by atoms with van der Waals surface area (Å²) in [5.74, 6) is 0. The van der Waals surface area contributed by atoms with Gasteiger partial charge in [0.2, 0.25) is 0 Å². The summed E-state index contributed by atoms with van der Waals surface area (Å²) in [6, 6.07) is 9.24. The lowest BCUT2D eigenvalue weighted by molar-refractivity contribution is 0.943. The second-order valence-corrected chi connectivity index (χ2v) is 4.10. The van der Waals surface area contributed by atoms with E-state index in [4.69, 9.17) is 17.3 Å². The van der Waals surface area contributed by atoms with Gasteiger partial charge >= 0.3 is 0 Å². The number of nitrogens with zero attached hydrogens (tertiary/aromatic N) is 3. The number of nitrogens with two attached hydrogens (primary N) is 1. The van der Waals surface area contributed by atoms with E-state index in [-0.39, 0.29) is 0 Å². The van der Waals surface area contributed by atoms with Crippen LogP contribution in [0, 0.1) is 0 Å². The average molecular weight is 245 g/mol. The Balaban J connectivity index is 2.27. The largest absolute Gasteiger partial charge is 0.394 e. The molecule has 0 aliphatic carbocycles. The fourth-order valence-corrected chi connectivity index (χ4v) is 1.94. The summed E-state index contributed by atoms with van der Waals surface area (Å²) in [4.78, 5) is 4.19. The summed E-state index contributed by atoms with van der Waals surface area (Å²) in [5.41, 5.74) is 8.84.